The van der Waals surface area contributed by atoms with Gasteiger partial charge in [-0.3, -0.25) is 0 Å². The van der Waals surface area contributed by atoms with E-state index < -0.39 is 0 Å². The molecule has 38 valence electrons. The largest absolute Gasteiger partial charge is 0.192 e. The Kier molecular flexibility index (Phi) is 1.51. The highest BCUT2D eigenvalue weighted by Gasteiger charge is 1.82. The van der Waals surface area contributed by atoms with Crippen LogP contribution in [0.1, 0.15) is 5.56 Å². The van der Waals surface area contributed by atoms with E-state index in [0.29, 0.717) is 5.56 Å². The molecule has 0 spiro atoms. The van der Waals surface area contributed by atoms with Crippen LogP contribution in [0, 0.1) is 11.3 Å². The van der Waals surface area contributed by atoms with E-state index in [0.717, 1.165) is 8.35 Å². The van der Waals surface area contributed by atoms with Gasteiger partial charge in [0, 0.05) is 5.80 Å². The second-order valence-corrected chi connectivity index (χ2v) is 1.81. The van der Waals surface area contributed by atoms with Gasteiger partial charge in [-0.25, -0.2) is 0 Å². The number of hydrogen-bond acceptors (Lipinski definition) is 3. The number of hydrogen-bond donors (Lipinski definition) is 0. The van der Waals surface area contributed by atoms with Crippen molar-refractivity contribution in [3.8, 4) is 6.07 Å². The van der Waals surface area contributed by atoms with E-state index in [1.54, 1.807) is 5.80 Å². The Bertz CT molecular complexity index is 202. The molecule has 0 amide bonds. The van der Waals surface area contributed by atoms with E-state index in [1.807, 2.05) is 6.07 Å². The van der Waals surface area contributed by atoms with Gasteiger partial charge in [0.1, 0.15) is 6.07 Å². The Morgan fingerprint density at radius 3 is 3.00 bits per heavy atom. The molecule has 0 saturated heterocycles. The van der Waals surface area contributed by atoms with Crippen LogP contribution >= 0.6 is 8.35 Å². The summed E-state index contributed by atoms with van der Waals surface area (Å²) >= 11 is 0. The topological polar surface area (TPSA) is 49.6 Å². The fourth-order valence-corrected chi connectivity index (χ4v) is 0.709. The first-order chi connectivity index (χ1) is 3.93. The first-order valence-corrected chi connectivity index (χ1v) is 2.88. The molecule has 0 N–H and O–H groups in total. The van der Waals surface area contributed by atoms with E-state index >= 15 is 0 Å². The Morgan fingerprint density at radius 2 is 2.62 bits per heavy atom. The number of nitriles is 1. The lowest BCUT2D eigenvalue weighted by Gasteiger charge is -1.77. The number of nitrogens with zero attached hydrogens (tertiary/aromatic N) is 3. The Balaban J connectivity index is 3.05. The van der Waals surface area contributed by atoms with Crippen molar-refractivity contribution in [1.82, 2.24) is 9.96 Å². The van der Waals surface area contributed by atoms with Crippen molar-refractivity contribution in [2.75, 3.05) is 0 Å². The minimum absolute atomic E-state index is 0.585. The first kappa shape index (κ1) is 5.14. The summed E-state index contributed by atoms with van der Waals surface area (Å²) < 4.78 is 0. The van der Waals surface area contributed by atoms with Gasteiger partial charge in [-0.15, -0.1) is 4.86 Å². The van der Waals surface area contributed by atoms with Gasteiger partial charge in [-0.2, -0.15) is 10.4 Å². The fraction of sp³-hybridized carbons (Fsp3) is 0. The molecule has 1 aromatic rings. The van der Waals surface area contributed by atoms with Crippen molar-refractivity contribution < 1.29 is 0 Å². The quantitative estimate of drug-likeness (QED) is 0.515. The molecule has 0 radical (unpaired) electrons. The highest BCUT2D eigenvalue weighted by atomic mass is 31.0. The zero-order valence-electron chi connectivity index (χ0n) is 3.94. The molecule has 0 saturated carbocycles. The van der Waals surface area contributed by atoms with Gasteiger partial charge < -0.3 is 0 Å². The van der Waals surface area contributed by atoms with E-state index in [-0.39, 0.29) is 0 Å². The van der Waals surface area contributed by atoms with Crippen molar-refractivity contribution in [2.24, 2.45) is 0 Å². The first-order valence-electron chi connectivity index (χ1n) is 1.97. The van der Waals surface area contributed by atoms with Crippen LogP contribution in [0.15, 0.2) is 12.0 Å². The van der Waals surface area contributed by atoms with E-state index in [4.69, 9.17) is 5.26 Å². The average molecular weight is 123 g/mol. The Morgan fingerprint density at radius 1 is 1.75 bits per heavy atom. The smallest absolute Gasteiger partial charge is 0.101 e. The van der Waals surface area contributed by atoms with Crippen LogP contribution in [-0.2, 0) is 0 Å². The SMILES string of the molecule is N#Cc1cnnpc1. The third kappa shape index (κ3) is 0.988. The zero-order valence-corrected chi connectivity index (χ0v) is 4.84. The molecule has 0 fully saturated rings. The van der Waals surface area contributed by atoms with Crippen molar-refractivity contribution in [1.29, 1.82) is 5.26 Å². The Hall–Kier alpha value is -1.000. The van der Waals surface area contributed by atoms with Crippen LogP contribution in [0.4, 0.5) is 0 Å². The summed E-state index contributed by atoms with van der Waals surface area (Å²) in [5.41, 5.74) is 0.585. The van der Waals surface area contributed by atoms with E-state index in [1.165, 1.54) is 6.20 Å². The van der Waals surface area contributed by atoms with Crippen LogP contribution in [0.25, 0.3) is 0 Å². The third-order valence-electron chi connectivity index (χ3n) is 0.626. The summed E-state index contributed by atoms with van der Waals surface area (Å²) in [6.07, 6.45) is 1.44. The molecular formula is C4H2N3P. The second-order valence-electron chi connectivity index (χ2n) is 1.15. The van der Waals surface area contributed by atoms with Crippen LogP contribution in [0.5, 0.6) is 0 Å². The van der Waals surface area contributed by atoms with Crippen LogP contribution in [0.3, 0.4) is 0 Å². The highest BCUT2D eigenvalue weighted by molar-refractivity contribution is 7.24. The van der Waals surface area contributed by atoms with Crippen molar-refractivity contribution in [2.45, 2.75) is 0 Å². The lowest BCUT2D eigenvalue weighted by atomic mass is 10.4. The van der Waals surface area contributed by atoms with Gasteiger partial charge in [0.25, 0.3) is 0 Å². The van der Waals surface area contributed by atoms with Gasteiger partial charge in [-0.1, -0.05) is 0 Å². The predicted molar refractivity (Wildman–Crippen MR) is 29.3 cm³/mol. The number of rotatable bonds is 0. The lowest BCUT2D eigenvalue weighted by Crippen LogP contribution is -1.73. The highest BCUT2D eigenvalue weighted by Crippen LogP contribution is 1.98. The molecule has 0 aliphatic carbocycles. The third-order valence-corrected chi connectivity index (χ3v) is 1.23. The van der Waals surface area contributed by atoms with E-state index in [2.05, 4.69) is 9.96 Å². The van der Waals surface area contributed by atoms with Crippen LogP contribution < -0.4 is 0 Å². The maximum Gasteiger partial charge on any atom is 0.101 e. The molecule has 0 aliphatic heterocycles. The van der Waals surface area contributed by atoms with Gasteiger partial charge in [0.05, 0.1) is 20.1 Å². The molecule has 8 heavy (non-hydrogen) atoms. The maximum atomic E-state index is 8.24. The number of aromatic nitrogens is 2. The summed E-state index contributed by atoms with van der Waals surface area (Å²) in [4.78, 5) is 3.59. The monoisotopic (exact) mass is 123 g/mol. The molecule has 4 heteroatoms. The van der Waals surface area contributed by atoms with Crippen LogP contribution in [-0.4, -0.2) is 9.96 Å². The average Bonchev–Trinajstić information content (AvgIpc) is 1.90. The minimum atomic E-state index is 0.585. The summed E-state index contributed by atoms with van der Waals surface area (Å²) in [6.45, 7) is 0. The molecule has 3 nitrogen and oxygen atoms in total. The lowest BCUT2D eigenvalue weighted by molar-refractivity contribution is 1.12. The van der Waals surface area contributed by atoms with Crippen molar-refractivity contribution in [3.05, 3.63) is 17.6 Å². The zero-order chi connectivity index (χ0) is 5.82. The van der Waals surface area contributed by atoms with Crippen molar-refractivity contribution in [3.63, 3.8) is 0 Å². The fourth-order valence-electron chi connectivity index (χ4n) is 0.297. The normalized spacial score (nSPS) is 8.88. The summed E-state index contributed by atoms with van der Waals surface area (Å²) in [5.74, 6) is 1.70. The Labute approximate surface area is 48.2 Å². The molecule has 1 rings (SSSR count). The summed E-state index contributed by atoms with van der Waals surface area (Å²) in [6, 6.07) is 1.95. The predicted octanol–water partition coefficient (Wildman–Crippen LogP) is 0.928. The molecule has 1 heterocycles. The molecule has 0 aliphatic rings. The maximum absolute atomic E-state index is 8.24. The van der Waals surface area contributed by atoms with E-state index in [9.17, 15) is 0 Å². The standard InChI is InChI=1S/C4H2N3P/c5-1-4-2-6-7-8-3-4/h2-3H. The van der Waals surface area contributed by atoms with Gasteiger partial charge in [0.15, 0.2) is 0 Å². The van der Waals surface area contributed by atoms with Gasteiger partial charge >= 0.3 is 0 Å². The molecule has 0 aromatic carbocycles. The molecule has 0 unspecified atom stereocenters. The molecule has 1 aromatic heterocycles. The van der Waals surface area contributed by atoms with Gasteiger partial charge in [0.2, 0.25) is 0 Å². The minimum Gasteiger partial charge on any atom is -0.192 e. The van der Waals surface area contributed by atoms with Crippen molar-refractivity contribution >= 4 is 8.35 Å². The summed E-state index contributed by atoms with van der Waals surface area (Å²) in [7, 11) is 0.751. The summed E-state index contributed by atoms with van der Waals surface area (Å²) in [5, 5.41) is 11.8. The molecular weight excluding hydrogens is 121 g/mol. The molecule has 0 bridgehead atoms. The molecule has 0 atom stereocenters. The second kappa shape index (κ2) is 2.34. The van der Waals surface area contributed by atoms with Crippen LogP contribution in [0.2, 0.25) is 0 Å². The van der Waals surface area contributed by atoms with Gasteiger partial charge in [-0.05, 0) is 0 Å².